The molecule has 0 saturated heterocycles. The Kier molecular flexibility index (Phi) is 6.28. The predicted molar refractivity (Wildman–Crippen MR) is 138 cm³/mol. The molecule has 5 rings (SSSR count). The molecule has 2 heterocycles. The molecule has 3 aromatic carbocycles. The number of phosphoric acid groups is 1. The van der Waals surface area contributed by atoms with Gasteiger partial charge >= 0.3 is 7.82 Å². The molecule has 0 aliphatic heterocycles. The van der Waals surface area contributed by atoms with E-state index in [1.54, 1.807) is 31.2 Å². The van der Waals surface area contributed by atoms with Gasteiger partial charge in [-0.3, -0.25) is 14.6 Å². The molecule has 5 aromatic rings. The molecule has 0 radical (unpaired) electrons. The van der Waals surface area contributed by atoms with Gasteiger partial charge in [-0.05, 0) is 41.8 Å². The second kappa shape index (κ2) is 9.41. The van der Waals surface area contributed by atoms with E-state index in [1.807, 2.05) is 42.5 Å². The van der Waals surface area contributed by atoms with Crippen molar-refractivity contribution in [3.8, 4) is 28.0 Å². The fourth-order valence-electron chi connectivity index (χ4n) is 4.14. The van der Waals surface area contributed by atoms with Gasteiger partial charge in [-0.2, -0.15) is 9.61 Å². The molecule has 182 valence electrons. The molecule has 0 aliphatic rings. The Hall–Kier alpha value is -3.68. The molecule has 0 spiro atoms. The maximum Gasteiger partial charge on any atom is 0.524 e. The van der Waals surface area contributed by atoms with Crippen LogP contribution in [0.15, 0.2) is 83.8 Å². The highest BCUT2D eigenvalue weighted by molar-refractivity contribution is 7.46. The maximum absolute atomic E-state index is 13.6. The number of phosphoric ester groups is 1. The topological polar surface area (TPSA) is 117 Å². The molecule has 8 nitrogen and oxygen atoms in total. The molecule has 0 aliphatic carbocycles. The van der Waals surface area contributed by atoms with Gasteiger partial charge in [0, 0.05) is 28.8 Å². The van der Waals surface area contributed by atoms with Gasteiger partial charge in [-0.1, -0.05) is 66.2 Å². The van der Waals surface area contributed by atoms with Crippen molar-refractivity contribution in [2.75, 3.05) is 0 Å². The van der Waals surface area contributed by atoms with Gasteiger partial charge in [0.05, 0.1) is 11.3 Å². The molecule has 0 atom stereocenters. The van der Waals surface area contributed by atoms with Crippen LogP contribution in [-0.2, 0) is 11.0 Å². The van der Waals surface area contributed by atoms with Crippen LogP contribution >= 0.6 is 19.4 Å². The quantitative estimate of drug-likeness (QED) is 0.258. The second-order valence-corrected chi connectivity index (χ2v) is 9.94. The zero-order valence-corrected chi connectivity index (χ0v) is 20.7. The van der Waals surface area contributed by atoms with Gasteiger partial charge in [-0.25, -0.2) is 4.57 Å². The molecule has 10 heteroatoms. The maximum atomic E-state index is 13.6. The standard InChI is InChI=1S/C26H21ClN3O5P/c1-16-7-12-20(23(13-16)35-36(32,33)34)21-15-28-25-24(18-8-10-19(27)11-9-18)22(29-30(25)26(21)31)14-17-5-3-2-4-6-17/h2-13,15,28H,14H2,1H3,(H2,32,33,34). The molecule has 0 saturated carbocycles. The Morgan fingerprint density at radius 1 is 1.03 bits per heavy atom. The predicted octanol–water partition coefficient (Wildman–Crippen LogP) is 5.38. The third kappa shape index (κ3) is 4.85. The first-order valence-corrected chi connectivity index (χ1v) is 12.9. The first kappa shape index (κ1) is 24.0. The van der Waals surface area contributed by atoms with Gasteiger partial charge in [0.2, 0.25) is 0 Å². The van der Waals surface area contributed by atoms with Crippen molar-refractivity contribution >= 4 is 25.1 Å². The van der Waals surface area contributed by atoms with E-state index in [4.69, 9.17) is 16.1 Å². The fourth-order valence-corrected chi connectivity index (χ4v) is 4.67. The zero-order chi connectivity index (χ0) is 25.4. The van der Waals surface area contributed by atoms with Gasteiger partial charge < -0.3 is 9.51 Å². The lowest BCUT2D eigenvalue weighted by Crippen LogP contribution is -2.17. The van der Waals surface area contributed by atoms with Crippen molar-refractivity contribution in [3.05, 3.63) is 111 Å². The van der Waals surface area contributed by atoms with Crippen LogP contribution in [-0.4, -0.2) is 24.4 Å². The van der Waals surface area contributed by atoms with Crippen molar-refractivity contribution in [2.45, 2.75) is 13.3 Å². The average Bonchev–Trinajstić information content (AvgIpc) is 3.19. The lowest BCUT2D eigenvalue weighted by Gasteiger charge is -2.12. The van der Waals surface area contributed by atoms with Crippen LogP contribution in [0.5, 0.6) is 5.75 Å². The van der Waals surface area contributed by atoms with Gasteiger partial charge in [0.15, 0.2) is 0 Å². The number of hydrogen-bond acceptors (Lipinski definition) is 4. The lowest BCUT2D eigenvalue weighted by molar-refractivity contribution is 0.283. The van der Waals surface area contributed by atoms with Crippen LogP contribution in [0.3, 0.4) is 0 Å². The molecular weight excluding hydrogens is 501 g/mol. The summed E-state index contributed by atoms with van der Waals surface area (Å²) in [6, 6.07) is 21.9. The number of aromatic amines is 1. The summed E-state index contributed by atoms with van der Waals surface area (Å²) in [6.07, 6.45) is 1.99. The summed E-state index contributed by atoms with van der Waals surface area (Å²) in [5, 5.41) is 5.25. The van der Waals surface area contributed by atoms with Crippen LogP contribution < -0.4 is 10.1 Å². The summed E-state index contributed by atoms with van der Waals surface area (Å²) >= 11 is 6.10. The number of halogens is 1. The molecule has 0 amide bonds. The van der Waals surface area contributed by atoms with E-state index < -0.39 is 13.4 Å². The third-order valence-corrected chi connectivity index (χ3v) is 6.41. The summed E-state index contributed by atoms with van der Waals surface area (Å²) in [5.74, 6) is -0.0947. The van der Waals surface area contributed by atoms with Crippen molar-refractivity contribution in [1.82, 2.24) is 14.6 Å². The van der Waals surface area contributed by atoms with Crippen LogP contribution in [0.25, 0.3) is 27.9 Å². The van der Waals surface area contributed by atoms with Crippen LogP contribution in [0.2, 0.25) is 5.02 Å². The van der Waals surface area contributed by atoms with Crippen molar-refractivity contribution in [3.63, 3.8) is 0 Å². The highest BCUT2D eigenvalue weighted by atomic mass is 35.5. The zero-order valence-electron chi connectivity index (χ0n) is 19.1. The summed E-state index contributed by atoms with van der Waals surface area (Å²) in [7, 11) is -4.85. The molecular formula is C26H21ClN3O5P. The summed E-state index contributed by atoms with van der Waals surface area (Å²) in [5.41, 5.74) is 4.44. The van der Waals surface area contributed by atoms with E-state index >= 15 is 0 Å². The number of aromatic nitrogens is 3. The molecule has 0 fully saturated rings. The Bertz CT molecular complexity index is 1670. The Morgan fingerprint density at radius 2 is 1.75 bits per heavy atom. The number of fused-ring (bicyclic) bond motifs is 1. The largest absolute Gasteiger partial charge is 0.524 e. The molecule has 36 heavy (non-hydrogen) atoms. The minimum absolute atomic E-state index is 0.0947. The number of rotatable bonds is 6. The van der Waals surface area contributed by atoms with E-state index in [0.717, 1.165) is 16.7 Å². The van der Waals surface area contributed by atoms with Crippen LogP contribution in [0, 0.1) is 6.92 Å². The van der Waals surface area contributed by atoms with E-state index in [1.165, 1.54) is 16.8 Å². The lowest BCUT2D eigenvalue weighted by atomic mass is 10.0. The fraction of sp³-hybridized carbons (Fsp3) is 0.0769. The van der Waals surface area contributed by atoms with Crippen LogP contribution in [0.4, 0.5) is 0 Å². The first-order valence-electron chi connectivity index (χ1n) is 11.0. The minimum Gasteiger partial charge on any atom is -0.404 e. The highest BCUT2D eigenvalue weighted by Gasteiger charge is 2.23. The van der Waals surface area contributed by atoms with E-state index in [0.29, 0.717) is 28.3 Å². The summed E-state index contributed by atoms with van der Waals surface area (Å²) in [4.78, 5) is 35.6. The van der Waals surface area contributed by atoms with Crippen molar-refractivity contribution in [1.29, 1.82) is 0 Å². The molecule has 0 unspecified atom stereocenters. The number of benzene rings is 3. The number of aryl methyl sites for hydroxylation is 1. The van der Waals surface area contributed by atoms with Gasteiger partial charge in [-0.15, -0.1) is 0 Å². The number of hydrogen-bond donors (Lipinski definition) is 3. The molecule has 3 N–H and O–H groups in total. The normalized spacial score (nSPS) is 11.7. The smallest absolute Gasteiger partial charge is 0.404 e. The Balaban J connectivity index is 1.72. The van der Waals surface area contributed by atoms with Gasteiger partial charge in [0.1, 0.15) is 11.4 Å². The second-order valence-electron chi connectivity index (χ2n) is 8.34. The molecule has 0 bridgehead atoms. The average molecular weight is 522 g/mol. The summed E-state index contributed by atoms with van der Waals surface area (Å²) < 4.78 is 17.7. The molecule has 2 aromatic heterocycles. The SMILES string of the molecule is Cc1ccc(-c2c[nH]c3c(-c4ccc(Cl)cc4)c(Cc4ccccc4)nn3c2=O)c(OP(=O)(O)O)c1. The number of nitrogens with zero attached hydrogens (tertiary/aromatic N) is 2. The van der Waals surface area contributed by atoms with Crippen molar-refractivity contribution < 1.29 is 18.9 Å². The Morgan fingerprint density at radius 3 is 2.44 bits per heavy atom. The Labute approximate surface area is 211 Å². The van der Waals surface area contributed by atoms with E-state index in [9.17, 15) is 19.1 Å². The number of nitrogens with one attached hydrogen (secondary N) is 1. The third-order valence-electron chi connectivity index (χ3n) is 5.73. The number of H-pyrrole nitrogens is 1. The first-order chi connectivity index (χ1) is 17.2. The van der Waals surface area contributed by atoms with Crippen molar-refractivity contribution in [2.24, 2.45) is 0 Å². The summed E-state index contributed by atoms with van der Waals surface area (Å²) in [6.45, 7) is 1.76. The minimum atomic E-state index is -4.85. The van der Waals surface area contributed by atoms with E-state index in [-0.39, 0.29) is 16.9 Å². The van der Waals surface area contributed by atoms with Gasteiger partial charge in [0.25, 0.3) is 5.56 Å². The van der Waals surface area contributed by atoms with E-state index in [2.05, 4.69) is 10.1 Å². The van der Waals surface area contributed by atoms with Crippen LogP contribution in [0.1, 0.15) is 16.8 Å². The monoisotopic (exact) mass is 521 g/mol. The highest BCUT2D eigenvalue weighted by Crippen LogP contribution is 2.42.